The standard InChI is InChI=1S/C22H19ClN2O4/c1-3-29-21(28)22(13-24,15-6-4-14(2)5-7-15)18-12-19(26)25(20(18)27)17-10-8-16(23)9-11-17/h4-11,18H,3,12H2,1-2H3/t18-,22-/m1/s1. The van der Waals surface area contributed by atoms with Gasteiger partial charge in [-0.3, -0.25) is 14.5 Å². The topological polar surface area (TPSA) is 87.5 Å². The van der Waals surface area contributed by atoms with E-state index >= 15 is 0 Å². The van der Waals surface area contributed by atoms with Crippen molar-refractivity contribution in [1.29, 1.82) is 5.26 Å². The van der Waals surface area contributed by atoms with Gasteiger partial charge in [-0.05, 0) is 43.7 Å². The summed E-state index contributed by atoms with van der Waals surface area (Å²) in [6.07, 6.45) is -0.276. The summed E-state index contributed by atoms with van der Waals surface area (Å²) < 4.78 is 5.17. The SMILES string of the molecule is CCOC(=O)[C@](C#N)(c1ccc(C)cc1)[C@@H]1CC(=O)N(c2ccc(Cl)cc2)C1=O. The van der Waals surface area contributed by atoms with E-state index in [1.165, 1.54) is 0 Å². The third kappa shape index (κ3) is 3.50. The van der Waals surface area contributed by atoms with Crippen LogP contribution in [0.15, 0.2) is 48.5 Å². The molecule has 0 N–H and O–H groups in total. The molecule has 148 valence electrons. The Morgan fingerprint density at radius 1 is 1.21 bits per heavy atom. The Labute approximate surface area is 173 Å². The van der Waals surface area contributed by atoms with Crippen LogP contribution in [-0.4, -0.2) is 24.4 Å². The van der Waals surface area contributed by atoms with E-state index in [-0.39, 0.29) is 13.0 Å². The van der Waals surface area contributed by atoms with E-state index in [9.17, 15) is 19.6 Å². The Morgan fingerprint density at radius 3 is 2.38 bits per heavy atom. The van der Waals surface area contributed by atoms with Gasteiger partial charge in [0.05, 0.1) is 24.3 Å². The fourth-order valence-corrected chi connectivity index (χ4v) is 3.67. The van der Waals surface area contributed by atoms with Crippen molar-refractivity contribution in [3.8, 4) is 6.07 Å². The number of imide groups is 1. The molecule has 0 aromatic heterocycles. The van der Waals surface area contributed by atoms with Gasteiger partial charge in [-0.25, -0.2) is 4.79 Å². The molecule has 0 saturated carbocycles. The van der Waals surface area contributed by atoms with Crippen LogP contribution in [0.5, 0.6) is 0 Å². The van der Waals surface area contributed by atoms with Crippen molar-refractivity contribution in [2.24, 2.45) is 5.92 Å². The molecule has 1 fully saturated rings. The molecule has 2 atom stereocenters. The number of anilines is 1. The molecule has 0 aliphatic carbocycles. The van der Waals surface area contributed by atoms with Crippen LogP contribution in [0.3, 0.4) is 0 Å². The molecule has 2 amide bonds. The summed E-state index contributed by atoms with van der Waals surface area (Å²) in [5, 5.41) is 10.6. The Bertz CT molecular complexity index is 995. The predicted molar refractivity (Wildman–Crippen MR) is 107 cm³/mol. The van der Waals surface area contributed by atoms with Gasteiger partial charge < -0.3 is 4.74 Å². The first-order chi connectivity index (χ1) is 13.8. The van der Waals surface area contributed by atoms with E-state index in [4.69, 9.17) is 16.3 Å². The number of nitrogens with zero attached hydrogens (tertiary/aromatic N) is 2. The molecule has 0 spiro atoms. The third-order valence-electron chi connectivity index (χ3n) is 5.03. The number of carbonyl (C=O) groups excluding carboxylic acids is 3. The fourth-order valence-electron chi connectivity index (χ4n) is 3.54. The van der Waals surface area contributed by atoms with E-state index in [1.54, 1.807) is 55.5 Å². The number of amides is 2. The summed E-state index contributed by atoms with van der Waals surface area (Å²) in [5.74, 6) is -3.14. The second kappa shape index (κ2) is 8.06. The summed E-state index contributed by atoms with van der Waals surface area (Å²) >= 11 is 5.89. The average molecular weight is 411 g/mol. The molecule has 1 heterocycles. The molecule has 1 aliphatic rings. The number of aryl methyl sites for hydroxylation is 1. The van der Waals surface area contributed by atoms with Gasteiger partial charge in [-0.15, -0.1) is 0 Å². The van der Waals surface area contributed by atoms with Crippen LogP contribution in [0, 0.1) is 24.2 Å². The first kappa shape index (κ1) is 20.6. The highest BCUT2D eigenvalue weighted by Gasteiger charge is 2.58. The minimum Gasteiger partial charge on any atom is -0.465 e. The van der Waals surface area contributed by atoms with Crippen molar-refractivity contribution >= 4 is 35.1 Å². The van der Waals surface area contributed by atoms with Crippen molar-refractivity contribution in [3.63, 3.8) is 0 Å². The van der Waals surface area contributed by atoms with Crippen molar-refractivity contribution in [3.05, 3.63) is 64.7 Å². The second-order valence-corrected chi connectivity index (χ2v) is 7.24. The highest BCUT2D eigenvalue weighted by Crippen LogP contribution is 2.42. The number of esters is 1. The molecule has 0 unspecified atom stereocenters. The van der Waals surface area contributed by atoms with E-state index < -0.39 is 29.1 Å². The number of nitriles is 1. The number of rotatable bonds is 5. The zero-order valence-electron chi connectivity index (χ0n) is 16.0. The Balaban J connectivity index is 2.11. The molecule has 3 rings (SSSR count). The zero-order valence-corrected chi connectivity index (χ0v) is 16.8. The number of ether oxygens (including phenoxy) is 1. The zero-order chi connectivity index (χ0) is 21.2. The smallest absolute Gasteiger partial charge is 0.331 e. The summed E-state index contributed by atoms with van der Waals surface area (Å²) in [7, 11) is 0. The Hall–Kier alpha value is -3.17. The lowest BCUT2D eigenvalue weighted by atomic mass is 9.70. The van der Waals surface area contributed by atoms with Gasteiger partial charge in [0.15, 0.2) is 5.41 Å². The van der Waals surface area contributed by atoms with Gasteiger partial charge >= 0.3 is 5.97 Å². The number of hydrogen-bond acceptors (Lipinski definition) is 5. The molecular formula is C22H19ClN2O4. The van der Waals surface area contributed by atoms with Crippen molar-refractivity contribution in [2.45, 2.75) is 25.7 Å². The van der Waals surface area contributed by atoms with Crippen LogP contribution >= 0.6 is 11.6 Å². The van der Waals surface area contributed by atoms with E-state index in [0.717, 1.165) is 10.5 Å². The first-order valence-electron chi connectivity index (χ1n) is 9.13. The molecule has 7 heteroatoms. The van der Waals surface area contributed by atoms with Gasteiger partial charge in [0, 0.05) is 11.4 Å². The molecule has 1 aliphatic heterocycles. The van der Waals surface area contributed by atoms with Crippen LogP contribution in [0.25, 0.3) is 0 Å². The Morgan fingerprint density at radius 2 is 1.83 bits per heavy atom. The van der Waals surface area contributed by atoms with Crippen molar-refractivity contribution in [1.82, 2.24) is 0 Å². The molecule has 2 aromatic carbocycles. The highest BCUT2D eigenvalue weighted by molar-refractivity contribution is 6.30. The minimum absolute atomic E-state index is 0.0455. The number of halogens is 1. The fraction of sp³-hybridized carbons (Fsp3) is 0.273. The summed E-state index contributed by atoms with van der Waals surface area (Å²) in [4.78, 5) is 40.0. The van der Waals surface area contributed by atoms with E-state index in [1.807, 2.05) is 13.0 Å². The number of hydrogen-bond donors (Lipinski definition) is 0. The van der Waals surface area contributed by atoms with Gasteiger partial charge in [0.2, 0.25) is 11.8 Å². The normalized spacial score (nSPS) is 18.3. The van der Waals surface area contributed by atoms with Gasteiger partial charge in [-0.1, -0.05) is 41.4 Å². The minimum atomic E-state index is -1.92. The lowest BCUT2D eigenvalue weighted by molar-refractivity contribution is -0.151. The third-order valence-corrected chi connectivity index (χ3v) is 5.29. The number of carbonyl (C=O) groups is 3. The number of benzene rings is 2. The monoisotopic (exact) mass is 410 g/mol. The molecule has 6 nitrogen and oxygen atoms in total. The predicted octanol–water partition coefficient (Wildman–Crippen LogP) is 3.55. The summed E-state index contributed by atoms with van der Waals surface area (Å²) in [6.45, 7) is 3.54. The quantitative estimate of drug-likeness (QED) is 0.555. The van der Waals surface area contributed by atoms with Crippen LogP contribution < -0.4 is 4.90 Å². The van der Waals surface area contributed by atoms with Crippen LogP contribution in [-0.2, 0) is 24.5 Å². The van der Waals surface area contributed by atoms with Crippen LogP contribution in [0.2, 0.25) is 5.02 Å². The van der Waals surface area contributed by atoms with E-state index in [0.29, 0.717) is 16.3 Å². The maximum absolute atomic E-state index is 13.3. The summed E-state index contributed by atoms with van der Waals surface area (Å²) in [5.41, 5.74) is -0.321. The second-order valence-electron chi connectivity index (χ2n) is 6.81. The highest BCUT2D eigenvalue weighted by atomic mass is 35.5. The molecule has 1 saturated heterocycles. The van der Waals surface area contributed by atoms with Crippen molar-refractivity contribution in [2.75, 3.05) is 11.5 Å². The van der Waals surface area contributed by atoms with Gasteiger partial charge in [0.1, 0.15) is 0 Å². The lowest BCUT2D eigenvalue weighted by Gasteiger charge is -2.29. The maximum atomic E-state index is 13.3. The van der Waals surface area contributed by atoms with Crippen LogP contribution in [0.1, 0.15) is 24.5 Å². The largest absolute Gasteiger partial charge is 0.465 e. The Kier molecular flexibility index (Phi) is 5.71. The van der Waals surface area contributed by atoms with Crippen molar-refractivity contribution < 1.29 is 19.1 Å². The molecule has 0 bridgehead atoms. The molecular weight excluding hydrogens is 392 g/mol. The first-order valence-corrected chi connectivity index (χ1v) is 9.51. The van der Waals surface area contributed by atoms with Crippen LogP contribution in [0.4, 0.5) is 5.69 Å². The summed E-state index contributed by atoms with van der Waals surface area (Å²) in [6, 6.07) is 15.0. The lowest BCUT2D eigenvalue weighted by Crippen LogP contribution is -2.47. The molecule has 29 heavy (non-hydrogen) atoms. The van der Waals surface area contributed by atoms with Gasteiger partial charge in [-0.2, -0.15) is 5.26 Å². The van der Waals surface area contributed by atoms with Gasteiger partial charge in [0.25, 0.3) is 0 Å². The van der Waals surface area contributed by atoms with E-state index in [2.05, 4.69) is 0 Å². The average Bonchev–Trinajstić information content (AvgIpc) is 3.00. The molecule has 2 aromatic rings. The maximum Gasteiger partial charge on any atom is 0.331 e. The molecule has 0 radical (unpaired) electrons.